The first-order chi connectivity index (χ1) is 20.0. The van der Waals surface area contributed by atoms with Crippen LogP contribution in [0.25, 0.3) is 0 Å². The highest BCUT2D eigenvalue weighted by atomic mass is 16.5. The lowest BCUT2D eigenvalue weighted by molar-refractivity contribution is -0.142. The van der Waals surface area contributed by atoms with Gasteiger partial charge in [0.2, 0.25) is 11.6 Å². The van der Waals surface area contributed by atoms with Gasteiger partial charge in [0, 0.05) is 11.8 Å². The number of carbonyl (C=O) groups is 6. The maximum absolute atomic E-state index is 13.6. The summed E-state index contributed by atoms with van der Waals surface area (Å²) in [6.07, 6.45) is -1.01. The van der Waals surface area contributed by atoms with Gasteiger partial charge in [-0.05, 0) is 35.4 Å². The van der Waals surface area contributed by atoms with E-state index in [0.717, 1.165) is 14.2 Å². The molecule has 0 saturated carbocycles. The third-order valence-corrected chi connectivity index (χ3v) is 6.79. The summed E-state index contributed by atoms with van der Waals surface area (Å²) in [4.78, 5) is 75.5. The fraction of sp³-hybridized carbons (Fsp3) is 0.267. The van der Waals surface area contributed by atoms with E-state index in [4.69, 9.17) is 9.47 Å². The molecule has 1 aliphatic carbocycles. The number of carbonyl (C=O) groups excluding carboxylic acids is 6. The average molecular weight is 581 g/mol. The Bertz CT molecular complexity index is 1370. The van der Waals surface area contributed by atoms with Crippen LogP contribution in [0.3, 0.4) is 0 Å². The Hall–Kier alpha value is -5.26. The summed E-state index contributed by atoms with van der Waals surface area (Å²) in [5, 5.41) is 22.2. The van der Waals surface area contributed by atoms with Crippen molar-refractivity contribution in [2.75, 3.05) is 28.4 Å². The summed E-state index contributed by atoms with van der Waals surface area (Å²) in [5.41, 5.74) is -0.328. The number of aliphatic hydroxyl groups excluding tert-OH is 2. The van der Waals surface area contributed by atoms with Gasteiger partial charge in [-0.1, -0.05) is 24.3 Å². The third kappa shape index (κ3) is 6.38. The van der Waals surface area contributed by atoms with Crippen LogP contribution in [0.5, 0.6) is 0 Å². The quantitative estimate of drug-likeness (QED) is 0.239. The molecular formula is C30H28O12. The molecule has 0 amide bonds. The number of ketones is 2. The van der Waals surface area contributed by atoms with Crippen LogP contribution in [0.1, 0.15) is 56.5 Å². The molecule has 220 valence electrons. The normalized spacial score (nSPS) is 14.7. The van der Waals surface area contributed by atoms with Gasteiger partial charge in [0.05, 0.1) is 63.6 Å². The molecule has 2 aromatic rings. The minimum atomic E-state index is -1.26. The Morgan fingerprint density at radius 1 is 0.571 bits per heavy atom. The summed E-state index contributed by atoms with van der Waals surface area (Å²) >= 11 is 0. The van der Waals surface area contributed by atoms with Crippen molar-refractivity contribution in [3.8, 4) is 0 Å². The van der Waals surface area contributed by atoms with Crippen molar-refractivity contribution in [2.24, 2.45) is 0 Å². The Labute approximate surface area is 240 Å². The van der Waals surface area contributed by atoms with Crippen molar-refractivity contribution < 1.29 is 57.9 Å². The lowest BCUT2D eigenvalue weighted by Gasteiger charge is -2.27. The van der Waals surface area contributed by atoms with Crippen LogP contribution in [0, 0.1) is 0 Å². The molecule has 0 heterocycles. The van der Waals surface area contributed by atoms with Crippen LogP contribution in [-0.4, -0.2) is 74.1 Å². The Morgan fingerprint density at radius 3 is 1.14 bits per heavy atom. The van der Waals surface area contributed by atoms with Crippen LogP contribution in [0.4, 0.5) is 0 Å². The second-order valence-corrected chi connectivity index (χ2v) is 9.08. The van der Waals surface area contributed by atoms with E-state index in [1.807, 2.05) is 0 Å². The Balaban J connectivity index is 2.13. The Morgan fingerprint density at radius 2 is 0.881 bits per heavy atom. The number of esters is 4. The van der Waals surface area contributed by atoms with Crippen molar-refractivity contribution >= 4 is 35.4 Å². The number of methoxy groups -OCH3 is 4. The van der Waals surface area contributed by atoms with Crippen LogP contribution >= 0.6 is 0 Å². The van der Waals surface area contributed by atoms with Crippen LogP contribution in [0.15, 0.2) is 71.2 Å². The highest BCUT2D eigenvalue weighted by Crippen LogP contribution is 2.41. The first-order valence-electron chi connectivity index (χ1n) is 12.4. The van der Waals surface area contributed by atoms with Gasteiger partial charge in [0.15, 0.2) is 11.5 Å². The maximum Gasteiger partial charge on any atom is 0.337 e. The van der Waals surface area contributed by atoms with Crippen molar-refractivity contribution in [3.05, 3.63) is 93.4 Å². The molecule has 42 heavy (non-hydrogen) atoms. The van der Waals surface area contributed by atoms with Gasteiger partial charge in [0.25, 0.3) is 0 Å². The van der Waals surface area contributed by atoms with Gasteiger partial charge in [-0.3, -0.25) is 19.2 Å². The first kappa shape index (κ1) is 31.3. The molecule has 2 N–H and O–H groups in total. The molecule has 0 saturated heterocycles. The molecule has 12 heteroatoms. The van der Waals surface area contributed by atoms with Crippen molar-refractivity contribution in [1.29, 1.82) is 0 Å². The highest BCUT2D eigenvalue weighted by Gasteiger charge is 2.43. The molecule has 2 aromatic carbocycles. The summed E-state index contributed by atoms with van der Waals surface area (Å²) in [7, 11) is 4.61. The lowest BCUT2D eigenvalue weighted by atomic mass is 9.75. The summed E-state index contributed by atoms with van der Waals surface area (Å²) in [6.45, 7) is 0. The third-order valence-electron chi connectivity index (χ3n) is 6.79. The van der Waals surface area contributed by atoms with E-state index in [0.29, 0.717) is 0 Å². The smallest absolute Gasteiger partial charge is 0.337 e. The average Bonchev–Trinajstić information content (AvgIpc) is 3.02. The predicted octanol–water partition coefficient (Wildman–Crippen LogP) is 3.03. The van der Waals surface area contributed by atoms with Gasteiger partial charge >= 0.3 is 23.9 Å². The molecule has 0 radical (unpaired) electrons. The largest absolute Gasteiger partial charge is 0.504 e. The van der Waals surface area contributed by atoms with Gasteiger partial charge in [-0.25, -0.2) is 9.59 Å². The minimum absolute atomic E-state index is 0.163. The number of rotatable bonds is 10. The highest BCUT2D eigenvalue weighted by molar-refractivity contribution is 6.24. The zero-order chi connectivity index (χ0) is 31.1. The second-order valence-electron chi connectivity index (χ2n) is 9.08. The molecule has 12 nitrogen and oxygen atoms in total. The van der Waals surface area contributed by atoms with Crippen LogP contribution in [-0.2, 0) is 38.1 Å². The van der Waals surface area contributed by atoms with Gasteiger partial charge in [-0.15, -0.1) is 0 Å². The topological polar surface area (TPSA) is 180 Å². The van der Waals surface area contributed by atoms with E-state index in [9.17, 15) is 39.0 Å². The molecule has 0 aromatic heterocycles. The molecule has 0 spiro atoms. The van der Waals surface area contributed by atoms with Crippen LogP contribution < -0.4 is 0 Å². The molecule has 0 bridgehead atoms. The van der Waals surface area contributed by atoms with E-state index in [1.165, 1.54) is 62.8 Å². The zero-order valence-electron chi connectivity index (χ0n) is 23.2. The van der Waals surface area contributed by atoms with E-state index >= 15 is 0 Å². The molecule has 0 aliphatic heterocycles. The van der Waals surface area contributed by atoms with Crippen molar-refractivity contribution in [1.82, 2.24) is 0 Å². The number of allylic oxidation sites excluding steroid dienone is 2. The fourth-order valence-electron chi connectivity index (χ4n) is 4.57. The number of aliphatic hydroxyl groups is 2. The van der Waals surface area contributed by atoms with Crippen molar-refractivity contribution in [2.45, 2.75) is 24.7 Å². The zero-order valence-corrected chi connectivity index (χ0v) is 23.2. The molecule has 0 fully saturated rings. The summed E-state index contributed by atoms with van der Waals surface area (Å²) in [6, 6.07) is 11.1. The summed E-state index contributed by atoms with van der Waals surface area (Å²) < 4.78 is 18.8. The van der Waals surface area contributed by atoms with E-state index in [-0.39, 0.29) is 22.3 Å². The second kappa shape index (κ2) is 13.4. The van der Waals surface area contributed by atoms with E-state index < -0.39 is 82.8 Å². The maximum atomic E-state index is 13.6. The van der Waals surface area contributed by atoms with E-state index in [1.54, 1.807) is 0 Å². The van der Waals surface area contributed by atoms with Gasteiger partial charge < -0.3 is 29.2 Å². The Kier molecular flexibility index (Phi) is 9.98. The SMILES string of the molecule is COC(=O)C[C@H](C1=C(O)C(=O)C([C@H](CC(=O)OC)c2ccc(C(=O)OC)cc2)=C(O)C1=O)c1ccc(C(=O)OC)cc1. The van der Waals surface area contributed by atoms with Gasteiger partial charge in [0.1, 0.15) is 0 Å². The predicted molar refractivity (Wildman–Crippen MR) is 144 cm³/mol. The monoisotopic (exact) mass is 580 g/mol. The minimum Gasteiger partial charge on any atom is -0.504 e. The van der Waals surface area contributed by atoms with Gasteiger partial charge in [-0.2, -0.15) is 0 Å². The van der Waals surface area contributed by atoms with Crippen molar-refractivity contribution in [3.63, 3.8) is 0 Å². The number of ether oxygens (including phenoxy) is 4. The van der Waals surface area contributed by atoms with Crippen LogP contribution in [0.2, 0.25) is 0 Å². The molecule has 0 unspecified atom stereocenters. The first-order valence-corrected chi connectivity index (χ1v) is 12.4. The molecule has 3 rings (SSSR count). The number of Topliss-reactive ketones (excluding diaryl/α,β-unsaturated/α-hetero) is 2. The molecule has 1 aliphatic rings. The summed E-state index contributed by atoms with van der Waals surface area (Å²) in [5.74, 6) is -9.78. The number of benzene rings is 2. The van der Waals surface area contributed by atoms with E-state index in [2.05, 4.69) is 9.47 Å². The number of hydrogen-bond acceptors (Lipinski definition) is 12. The fourth-order valence-corrected chi connectivity index (χ4v) is 4.57. The number of hydrogen-bond donors (Lipinski definition) is 2. The molecule has 2 atom stereocenters. The molecular weight excluding hydrogens is 552 g/mol. The standard InChI is InChI=1S/C30H28O12/c1-39-21(31)13-19(15-5-9-17(10-6-15)29(37)41-3)23-25(33)27(35)24(28(36)26(23)34)20(14-22(32)40-2)16-7-11-18(12-8-16)30(38)42-4/h5-12,19-20,33,36H,13-14H2,1-4H3/t19-,20+. The lowest BCUT2D eigenvalue weighted by Crippen LogP contribution is -2.31.